The molecule has 0 aliphatic rings. The molecule has 6 nitrogen and oxygen atoms in total. The summed E-state index contributed by atoms with van der Waals surface area (Å²) >= 11 is 6.11. The second-order valence-corrected chi connectivity index (χ2v) is 6.64. The molecule has 0 spiro atoms. The Kier molecular flexibility index (Phi) is 5.57. The number of hydrogen-bond acceptors (Lipinski definition) is 5. The highest BCUT2D eigenvalue weighted by Crippen LogP contribution is 2.24. The Labute approximate surface area is 163 Å². The van der Waals surface area contributed by atoms with E-state index in [1.54, 1.807) is 0 Å². The SMILES string of the molecule is Cc1c(Cl)cccc1Nc1ncc(C(=O)Nc2ccc(N(C)C)cc2)cn1. The molecule has 3 aromatic rings. The lowest BCUT2D eigenvalue weighted by molar-refractivity contribution is 0.102. The van der Waals surface area contributed by atoms with Crippen LogP contribution in [0.1, 0.15) is 15.9 Å². The predicted octanol–water partition coefficient (Wildman–Crippen LogP) is 4.50. The quantitative estimate of drug-likeness (QED) is 0.680. The smallest absolute Gasteiger partial charge is 0.258 e. The summed E-state index contributed by atoms with van der Waals surface area (Å²) in [7, 11) is 3.93. The van der Waals surface area contributed by atoms with E-state index >= 15 is 0 Å². The normalized spacial score (nSPS) is 10.4. The summed E-state index contributed by atoms with van der Waals surface area (Å²) in [5, 5.41) is 6.60. The van der Waals surface area contributed by atoms with Crippen molar-refractivity contribution in [3.8, 4) is 0 Å². The van der Waals surface area contributed by atoms with Crippen LogP contribution in [0.25, 0.3) is 0 Å². The van der Waals surface area contributed by atoms with Crippen LogP contribution < -0.4 is 15.5 Å². The van der Waals surface area contributed by atoms with Crippen molar-refractivity contribution in [2.24, 2.45) is 0 Å². The Morgan fingerprint density at radius 3 is 2.33 bits per heavy atom. The molecule has 0 fully saturated rings. The highest BCUT2D eigenvalue weighted by molar-refractivity contribution is 6.31. The van der Waals surface area contributed by atoms with Crippen molar-refractivity contribution >= 4 is 40.5 Å². The molecule has 0 aliphatic heterocycles. The largest absolute Gasteiger partial charge is 0.378 e. The summed E-state index contributed by atoms with van der Waals surface area (Å²) in [6.07, 6.45) is 2.97. The molecule has 1 heterocycles. The van der Waals surface area contributed by atoms with Gasteiger partial charge in [0.2, 0.25) is 5.95 Å². The fourth-order valence-electron chi connectivity index (χ4n) is 2.42. The average Bonchev–Trinajstić information content (AvgIpc) is 2.66. The molecule has 0 aliphatic carbocycles. The molecule has 27 heavy (non-hydrogen) atoms. The summed E-state index contributed by atoms with van der Waals surface area (Å²) in [6.45, 7) is 1.91. The second-order valence-electron chi connectivity index (χ2n) is 6.23. The number of carbonyl (C=O) groups excluding carboxylic acids is 1. The number of carbonyl (C=O) groups is 1. The third-order valence-electron chi connectivity index (χ3n) is 4.07. The average molecular weight is 382 g/mol. The predicted molar refractivity (Wildman–Crippen MR) is 110 cm³/mol. The minimum atomic E-state index is -0.266. The monoisotopic (exact) mass is 381 g/mol. The van der Waals surface area contributed by atoms with Crippen molar-refractivity contribution in [3.63, 3.8) is 0 Å². The number of halogens is 1. The lowest BCUT2D eigenvalue weighted by atomic mass is 10.2. The van der Waals surface area contributed by atoms with Crippen LogP contribution in [0.4, 0.5) is 23.0 Å². The molecule has 7 heteroatoms. The number of anilines is 4. The van der Waals surface area contributed by atoms with E-state index < -0.39 is 0 Å². The van der Waals surface area contributed by atoms with Gasteiger partial charge in [-0.3, -0.25) is 4.79 Å². The fourth-order valence-corrected chi connectivity index (χ4v) is 2.59. The molecule has 0 radical (unpaired) electrons. The standard InChI is InChI=1S/C20H20ClN5O/c1-13-17(21)5-4-6-18(13)25-20-22-11-14(12-23-20)19(27)24-15-7-9-16(10-8-15)26(2)3/h4-12H,1-3H3,(H,24,27)(H,22,23,25). The highest BCUT2D eigenvalue weighted by atomic mass is 35.5. The number of nitrogens with one attached hydrogen (secondary N) is 2. The van der Waals surface area contributed by atoms with Crippen LogP contribution in [0.2, 0.25) is 5.02 Å². The van der Waals surface area contributed by atoms with Gasteiger partial charge >= 0.3 is 0 Å². The summed E-state index contributed by atoms with van der Waals surface area (Å²) in [5.74, 6) is 0.130. The number of benzene rings is 2. The van der Waals surface area contributed by atoms with Crippen LogP contribution in [0, 0.1) is 6.92 Å². The second kappa shape index (κ2) is 8.05. The van der Waals surface area contributed by atoms with Crippen LogP contribution >= 0.6 is 11.6 Å². The van der Waals surface area contributed by atoms with Crippen molar-refractivity contribution in [1.29, 1.82) is 0 Å². The van der Waals surface area contributed by atoms with E-state index in [9.17, 15) is 4.79 Å². The maximum absolute atomic E-state index is 12.4. The molecule has 0 bridgehead atoms. The van der Waals surface area contributed by atoms with Gasteiger partial charge < -0.3 is 15.5 Å². The zero-order valence-electron chi connectivity index (χ0n) is 15.3. The van der Waals surface area contributed by atoms with Crippen molar-refractivity contribution in [3.05, 3.63) is 71.0 Å². The molecule has 2 N–H and O–H groups in total. The van der Waals surface area contributed by atoms with Crippen LogP contribution in [-0.4, -0.2) is 30.0 Å². The minimum absolute atomic E-state index is 0.266. The molecule has 1 amide bonds. The maximum atomic E-state index is 12.4. The zero-order chi connectivity index (χ0) is 19.4. The van der Waals surface area contributed by atoms with Crippen molar-refractivity contribution in [1.82, 2.24) is 9.97 Å². The number of rotatable bonds is 5. The van der Waals surface area contributed by atoms with Gasteiger partial charge in [-0.2, -0.15) is 0 Å². The molecule has 0 unspecified atom stereocenters. The summed E-state index contributed by atoms with van der Waals surface area (Å²) in [5.41, 5.74) is 3.87. The van der Waals surface area contributed by atoms with Gasteiger partial charge in [-0.05, 0) is 48.9 Å². The van der Waals surface area contributed by atoms with Crippen LogP contribution in [0.15, 0.2) is 54.9 Å². The molecule has 138 valence electrons. The third kappa shape index (κ3) is 4.54. The van der Waals surface area contributed by atoms with E-state index in [0.717, 1.165) is 16.9 Å². The first-order chi connectivity index (χ1) is 12.9. The molecule has 0 saturated heterocycles. The van der Waals surface area contributed by atoms with Gasteiger partial charge in [0.25, 0.3) is 5.91 Å². The molecular formula is C20H20ClN5O. The molecule has 1 aromatic heterocycles. The first kappa shape index (κ1) is 18.7. The Morgan fingerprint density at radius 1 is 1.04 bits per heavy atom. The van der Waals surface area contributed by atoms with Gasteiger partial charge in [0.05, 0.1) is 5.56 Å². The number of aromatic nitrogens is 2. The van der Waals surface area contributed by atoms with E-state index in [1.807, 2.05) is 68.4 Å². The molecule has 0 atom stereocenters. The van der Waals surface area contributed by atoms with Gasteiger partial charge in [-0.1, -0.05) is 17.7 Å². The Bertz CT molecular complexity index is 940. The van der Waals surface area contributed by atoms with Crippen LogP contribution in [0.5, 0.6) is 0 Å². The lowest BCUT2D eigenvalue weighted by Gasteiger charge is -2.13. The number of nitrogens with zero attached hydrogens (tertiary/aromatic N) is 3. The zero-order valence-corrected chi connectivity index (χ0v) is 16.1. The number of hydrogen-bond donors (Lipinski definition) is 2. The first-order valence-electron chi connectivity index (χ1n) is 8.37. The summed E-state index contributed by atoms with van der Waals surface area (Å²) in [6, 6.07) is 13.1. The molecule has 0 saturated carbocycles. The Balaban J connectivity index is 1.67. The van der Waals surface area contributed by atoms with Crippen LogP contribution in [-0.2, 0) is 0 Å². The minimum Gasteiger partial charge on any atom is -0.378 e. The van der Waals surface area contributed by atoms with E-state index in [2.05, 4.69) is 20.6 Å². The van der Waals surface area contributed by atoms with Gasteiger partial charge in [0.1, 0.15) is 0 Å². The summed E-state index contributed by atoms with van der Waals surface area (Å²) in [4.78, 5) is 22.8. The van der Waals surface area contributed by atoms with E-state index in [1.165, 1.54) is 12.4 Å². The Morgan fingerprint density at radius 2 is 1.70 bits per heavy atom. The maximum Gasteiger partial charge on any atom is 0.258 e. The molecule has 3 rings (SSSR count). The van der Waals surface area contributed by atoms with Crippen molar-refractivity contribution < 1.29 is 4.79 Å². The van der Waals surface area contributed by atoms with Gasteiger partial charge in [0.15, 0.2) is 0 Å². The topological polar surface area (TPSA) is 70.2 Å². The van der Waals surface area contributed by atoms with E-state index in [-0.39, 0.29) is 5.91 Å². The van der Waals surface area contributed by atoms with Gasteiger partial charge in [-0.15, -0.1) is 0 Å². The van der Waals surface area contributed by atoms with E-state index in [4.69, 9.17) is 11.6 Å². The molecular weight excluding hydrogens is 362 g/mol. The van der Waals surface area contributed by atoms with Crippen LogP contribution in [0.3, 0.4) is 0 Å². The van der Waals surface area contributed by atoms with Crippen molar-refractivity contribution in [2.75, 3.05) is 29.6 Å². The fraction of sp³-hybridized carbons (Fsp3) is 0.150. The van der Waals surface area contributed by atoms with Gasteiger partial charge in [0, 0.05) is 48.6 Å². The molecule has 2 aromatic carbocycles. The Hall–Kier alpha value is -3.12. The van der Waals surface area contributed by atoms with Gasteiger partial charge in [-0.25, -0.2) is 9.97 Å². The van der Waals surface area contributed by atoms with E-state index in [0.29, 0.717) is 22.2 Å². The third-order valence-corrected chi connectivity index (χ3v) is 4.48. The first-order valence-corrected chi connectivity index (χ1v) is 8.75. The lowest BCUT2D eigenvalue weighted by Crippen LogP contribution is -2.13. The van der Waals surface area contributed by atoms with Crippen molar-refractivity contribution in [2.45, 2.75) is 6.92 Å². The summed E-state index contributed by atoms with van der Waals surface area (Å²) < 4.78 is 0. The number of amides is 1. The highest BCUT2D eigenvalue weighted by Gasteiger charge is 2.09.